The van der Waals surface area contributed by atoms with Crippen LogP contribution in [0.4, 0.5) is 10.7 Å². The van der Waals surface area contributed by atoms with Crippen molar-refractivity contribution in [2.45, 2.75) is 26.8 Å². The van der Waals surface area contributed by atoms with Gasteiger partial charge in [0.2, 0.25) is 5.88 Å². The molecule has 1 aromatic heterocycles. The number of nitrogens with zero attached hydrogens (tertiary/aromatic N) is 1. The maximum absolute atomic E-state index is 10.00. The number of hydrogen-bond donors (Lipinski definition) is 4. The highest BCUT2D eigenvalue weighted by Gasteiger charge is 2.18. The van der Waals surface area contributed by atoms with Crippen LogP contribution in [-0.2, 0) is 0 Å². The number of nitrogens with one attached hydrogen (secondary N) is 3. The second-order valence-corrected chi connectivity index (χ2v) is 7.75. The lowest BCUT2D eigenvalue weighted by Gasteiger charge is -2.13. The Kier molecular flexibility index (Phi) is 6.06. The zero-order valence-corrected chi connectivity index (χ0v) is 17.3. The fourth-order valence-corrected chi connectivity index (χ4v) is 3.38. The monoisotopic (exact) mass is 416 g/mol. The molecule has 0 aliphatic carbocycles. The minimum absolute atomic E-state index is 0.0736. The van der Waals surface area contributed by atoms with E-state index in [1.54, 1.807) is 6.07 Å². The van der Waals surface area contributed by atoms with E-state index < -0.39 is 0 Å². The predicted molar refractivity (Wildman–Crippen MR) is 115 cm³/mol. The van der Waals surface area contributed by atoms with Crippen LogP contribution in [0.25, 0.3) is 0 Å². The van der Waals surface area contributed by atoms with Gasteiger partial charge < -0.3 is 20.5 Å². The molecule has 0 saturated carbocycles. The van der Waals surface area contributed by atoms with Crippen LogP contribution in [0.5, 0.6) is 17.4 Å². The summed E-state index contributed by atoms with van der Waals surface area (Å²) in [5.41, 5.74) is 2.20. The molecule has 0 amide bonds. The molecule has 6 nitrogen and oxygen atoms in total. The molecule has 0 radical (unpaired) electrons. The normalized spacial score (nSPS) is 10.8. The minimum Gasteiger partial charge on any atom is -0.492 e. The summed E-state index contributed by atoms with van der Waals surface area (Å²) in [6.45, 7) is 5.83. The van der Waals surface area contributed by atoms with Crippen molar-refractivity contribution in [3.63, 3.8) is 0 Å². The van der Waals surface area contributed by atoms with Gasteiger partial charge in [-0.2, -0.15) is 4.37 Å². The van der Waals surface area contributed by atoms with Gasteiger partial charge in [-0.05, 0) is 74.3 Å². The number of hydrogen-bond acceptors (Lipinski definition) is 6. The van der Waals surface area contributed by atoms with E-state index in [-0.39, 0.29) is 17.8 Å². The van der Waals surface area contributed by atoms with E-state index in [1.807, 2.05) is 57.2 Å². The van der Waals surface area contributed by atoms with Crippen LogP contribution >= 0.6 is 23.1 Å². The Morgan fingerprint density at radius 3 is 2.61 bits per heavy atom. The molecule has 2 aromatic carbocycles. The third-order valence-electron chi connectivity index (χ3n) is 3.78. The second kappa shape index (κ2) is 8.50. The molecule has 0 fully saturated rings. The fraction of sp³-hybridized carbons (Fsp3) is 0.200. The van der Waals surface area contributed by atoms with Gasteiger partial charge in [-0.3, -0.25) is 5.41 Å². The van der Waals surface area contributed by atoms with E-state index in [0.717, 1.165) is 22.8 Å². The molecule has 0 atom stereocenters. The van der Waals surface area contributed by atoms with Gasteiger partial charge in [-0.25, -0.2) is 0 Å². The van der Waals surface area contributed by atoms with Crippen LogP contribution in [0.3, 0.4) is 0 Å². The molecule has 0 spiro atoms. The molecule has 3 aromatic rings. The topological polar surface area (TPSA) is 90.3 Å². The Hall–Kier alpha value is -2.77. The summed E-state index contributed by atoms with van der Waals surface area (Å²) in [6.07, 6.45) is 0. The summed E-state index contributed by atoms with van der Waals surface area (Å²) < 4.78 is 9.80. The maximum atomic E-state index is 10.00. The quantitative estimate of drug-likeness (QED) is 0.307. The van der Waals surface area contributed by atoms with Crippen LogP contribution in [0.1, 0.15) is 25.0 Å². The molecule has 146 valence electrons. The Bertz CT molecular complexity index is 986. The van der Waals surface area contributed by atoms with Gasteiger partial charge in [0, 0.05) is 11.7 Å². The number of halogens is 1. The van der Waals surface area contributed by atoms with Crippen molar-refractivity contribution in [2.75, 3.05) is 5.32 Å². The first-order chi connectivity index (χ1) is 13.3. The molecule has 0 aliphatic heterocycles. The standard InChI is InChI=1S/C20H21ClN4O2S/c1-11(2)23-18(22)17-19(26)25-28-20(17)24-13-5-7-14(8-6-13)27-16-10-12(3)4-9-15(16)21/h4-11,24H,1-3H3,(H2,22,23)(H,25,26). The Labute approximate surface area is 172 Å². The van der Waals surface area contributed by atoms with Crippen molar-refractivity contribution in [2.24, 2.45) is 0 Å². The van der Waals surface area contributed by atoms with Crippen LogP contribution in [0, 0.1) is 12.3 Å². The SMILES string of the molecule is Cc1ccc(Cl)c(Oc2ccc(Nc3snc(O)c3C(=N)NC(C)C)cc2)c1. The second-order valence-electron chi connectivity index (χ2n) is 6.57. The van der Waals surface area contributed by atoms with Crippen LogP contribution in [0.2, 0.25) is 5.02 Å². The summed E-state index contributed by atoms with van der Waals surface area (Å²) in [6, 6.07) is 13.0. The Morgan fingerprint density at radius 1 is 1.21 bits per heavy atom. The van der Waals surface area contributed by atoms with E-state index in [2.05, 4.69) is 15.0 Å². The number of rotatable bonds is 6. The highest BCUT2D eigenvalue weighted by molar-refractivity contribution is 7.11. The molecular weight excluding hydrogens is 396 g/mol. The smallest absolute Gasteiger partial charge is 0.236 e. The van der Waals surface area contributed by atoms with Gasteiger partial charge >= 0.3 is 0 Å². The van der Waals surface area contributed by atoms with Crippen LogP contribution in [0.15, 0.2) is 42.5 Å². The van der Waals surface area contributed by atoms with Gasteiger partial charge in [0.25, 0.3) is 0 Å². The van der Waals surface area contributed by atoms with Gasteiger partial charge in [-0.1, -0.05) is 17.7 Å². The summed E-state index contributed by atoms with van der Waals surface area (Å²) >= 11 is 7.27. The summed E-state index contributed by atoms with van der Waals surface area (Å²) in [5.74, 6) is 1.21. The van der Waals surface area contributed by atoms with Crippen molar-refractivity contribution < 1.29 is 9.84 Å². The number of aryl methyl sites for hydroxylation is 1. The molecule has 0 unspecified atom stereocenters. The molecule has 0 aliphatic rings. The lowest BCUT2D eigenvalue weighted by atomic mass is 10.2. The largest absolute Gasteiger partial charge is 0.492 e. The van der Waals surface area contributed by atoms with Gasteiger partial charge in [-0.15, -0.1) is 0 Å². The first-order valence-corrected chi connectivity index (χ1v) is 9.84. The average Bonchev–Trinajstić information content (AvgIpc) is 2.99. The van der Waals surface area contributed by atoms with Crippen LogP contribution in [-0.4, -0.2) is 21.4 Å². The number of benzene rings is 2. The van der Waals surface area contributed by atoms with Crippen molar-refractivity contribution in [3.05, 3.63) is 58.6 Å². The van der Waals surface area contributed by atoms with Crippen molar-refractivity contribution in [3.8, 4) is 17.4 Å². The highest BCUT2D eigenvalue weighted by atomic mass is 35.5. The van der Waals surface area contributed by atoms with E-state index in [9.17, 15) is 5.11 Å². The molecule has 0 saturated heterocycles. The highest BCUT2D eigenvalue weighted by Crippen LogP contribution is 2.34. The molecular formula is C20H21ClN4O2S. The first kappa shape index (κ1) is 20.0. The number of aromatic nitrogens is 1. The predicted octanol–water partition coefficient (Wildman–Crippen LogP) is 5.67. The lowest BCUT2D eigenvalue weighted by molar-refractivity contribution is 0.458. The van der Waals surface area contributed by atoms with Crippen molar-refractivity contribution >= 4 is 39.7 Å². The van der Waals surface area contributed by atoms with Gasteiger partial charge in [0.05, 0.1) is 5.02 Å². The maximum Gasteiger partial charge on any atom is 0.236 e. The molecule has 3 rings (SSSR count). The number of aromatic hydroxyl groups is 1. The molecule has 28 heavy (non-hydrogen) atoms. The molecule has 4 N–H and O–H groups in total. The number of ether oxygens (including phenoxy) is 1. The minimum atomic E-state index is -0.167. The van der Waals surface area contributed by atoms with Crippen molar-refractivity contribution in [1.29, 1.82) is 5.41 Å². The summed E-state index contributed by atoms with van der Waals surface area (Å²) in [4.78, 5) is 0. The Morgan fingerprint density at radius 2 is 1.93 bits per heavy atom. The van der Waals surface area contributed by atoms with E-state index >= 15 is 0 Å². The molecule has 1 heterocycles. The zero-order chi connectivity index (χ0) is 20.3. The number of anilines is 2. The third-order valence-corrected chi connectivity index (χ3v) is 4.85. The van der Waals surface area contributed by atoms with E-state index in [0.29, 0.717) is 27.1 Å². The van der Waals surface area contributed by atoms with Crippen LogP contribution < -0.4 is 15.4 Å². The zero-order valence-electron chi connectivity index (χ0n) is 15.7. The summed E-state index contributed by atoms with van der Waals surface area (Å²) in [7, 11) is 0. The first-order valence-electron chi connectivity index (χ1n) is 8.68. The summed E-state index contributed by atoms with van der Waals surface area (Å²) in [5, 5.41) is 25.4. The lowest BCUT2D eigenvalue weighted by Crippen LogP contribution is -2.30. The Balaban J connectivity index is 1.75. The third kappa shape index (κ3) is 4.74. The molecule has 0 bridgehead atoms. The van der Waals surface area contributed by atoms with Gasteiger partial charge in [0.1, 0.15) is 27.9 Å². The number of amidine groups is 1. The van der Waals surface area contributed by atoms with Gasteiger partial charge in [0.15, 0.2) is 0 Å². The fourth-order valence-electron chi connectivity index (χ4n) is 2.51. The van der Waals surface area contributed by atoms with Crippen molar-refractivity contribution in [1.82, 2.24) is 9.69 Å². The molecule has 8 heteroatoms. The van der Waals surface area contributed by atoms with E-state index in [1.165, 1.54) is 0 Å². The van der Waals surface area contributed by atoms with E-state index in [4.69, 9.17) is 21.7 Å². The average molecular weight is 417 g/mol.